The number of benzene rings is 1. The summed E-state index contributed by atoms with van der Waals surface area (Å²) in [6, 6.07) is 10.1. The number of thiophene rings is 1. The van der Waals surface area contributed by atoms with Gasteiger partial charge in [-0.05, 0) is 85.8 Å². The van der Waals surface area contributed by atoms with Crippen LogP contribution in [0.2, 0.25) is 0 Å². The van der Waals surface area contributed by atoms with E-state index in [4.69, 9.17) is 9.97 Å². The Morgan fingerprint density at radius 2 is 1.65 bits per heavy atom. The first-order valence-corrected chi connectivity index (χ1v) is 21.1. The Morgan fingerprint density at radius 3 is 2.26 bits per heavy atom. The van der Waals surface area contributed by atoms with Gasteiger partial charge in [-0.3, -0.25) is 14.4 Å². The van der Waals surface area contributed by atoms with Crippen molar-refractivity contribution in [3.8, 4) is 11.4 Å². The first-order valence-electron chi connectivity index (χ1n) is 20.3. The van der Waals surface area contributed by atoms with Crippen molar-refractivity contribution in [1.29, 1.82) is 0 Å². The summed E-state index contributed by atoms with van der Waals surface area (Å²) in [7, 11) is 0. The van der Waals surface area contributed by atoms with E-state index in [0.29, 0.717) is 30.0 Å². The van der Waals surface area contributed by atoms with Gasteiger partial charge in [-0.25, -0.2) is 9.97 Å². The number of fused-ring (bicyclic) bond motifs is 3. The third-order valence-electron chi connectivity index (χ3n) is 12.7. The summed E-state index contributed by atoms with van der Waals surface area (Å²) >= 11 is 1.44. The Hall–Kier alpha value is -3.67. The summed E-state index contributed by atoms with van der Waals surface area (Å²) in [6.07, 6.45) is 16.0. The highest BCUT2D eigenvalue weighted by molar-refractivity contribution is 7.14. The number of carbonyl (C=O) groups excluding carboxylic acids is 2. The maximum Gasteiger partial charge on any atom is 0.320 e. The molecule has 4 saturated heterocycles. The number of hydrogen-bond donors (Lipinski definition) is 4. The number of amides is 1. The Labute approximate surface area is 324 Å². The van der Waals surface area contributed by atoms with E-state index in [1.807, 2.05) is 48.8 Å². The van der Waals surface area contributed by atoms with Gasteiger partial charge in [0, 0.05) is 36.1 Å². The van der Waals surface area contributed by atoms with Gasteiger partial charge in [-0.15, -0.1) is 11.3 Å². The third kappa shape index (κ3) is 8.58. The molecule has 2 bridgehead atoms. The molecule has 8 rings (SSSR count). The van der Waals surface area contributed by atoms with E-state index in [1.54, 1.807) is 0 Å². The van der Waals surface area contributed by atoms with Gasteiger partial charge >= 0.3 is 5.97 Å². The van der Waals surface area contributed by atoms with E-state index in [9.17, 15) is 19.5 Å². The molecule has 4 atom stereocenters. The minimum Gasteiger partial charge on any atom is -0.480 e. The van der Waals surface area contributed by atoms with Crippen molar-refractivity contribution in [2.24, 2.45) is 17.8 Å². The lowest BCUT2D eigenvalue weighted by Gasteiger charge is -2.47. The van der Waals surface area contributed by atoms with Crippen LogP contribution in [0.1, 0.15) is 112 Å². The lowest BCUT2D eigenvalue weighted by atomic mass is 9.72. The zero-order valence-electron chi connectivity index (χ0n) is 32.4. The van der Waals surface area contributed by atoms with Crippen molar-refractivity contribution in [2.75, 3.05) is 24.5 Å². The number of anilines is 1. The zero-order valence-corrected chi connectivity index (χ0v) is 33.2. The van der Waals surface area contributed by atoms with E-state index < -0.39 is 23.6 Å². The fraction of sp³-hybridized carbons (Fsp3) is 0.605. The molecule has 0 radical (unpaired) electrons. The highest BCUT2D eigenvalue weighted by atomic mass is 32.1. The van der Waals surface area contributed by atoms with Crippen LogP contribution in [0.3, 0.4) is 0 Å². The molecule has 1 unspecified atom stereocenters. The molecular weight excluding hydrogens is 697 g/mol. The van der Waals surface area contributed by atoms with Crippen LogP contribution in [0.5, 0.6) is 0 Å². The molecule has 290 valence electrons. The molecule has 1 aliphatic carbocycles. The Morgan fingerprint density at radius 1 is 0.981 bits per heavy atom. The highest BCUT2D eigenvalue weighted by Gasteiger charge is 2.54. The second kappa shape index (κ2) is 16.2. The summed E-state index contributed by atoms with van der Waals surface area (Å²) in [4.78, 5) is 53.3. The fourth-order valence-electron chi connectivity index (χ4n) is 9.45. The minimum atomic E-state index is -0.933. The van der Waals surface area contributed by atoms with Gasteiger partial charge < -0.3 is 26.0 Å². The molecule has 1 amide bonds. The fourth-order valence-corrected chi connectivity index (χ4v) is 10.4. The molecule has 5 fully saturated rings. The van der Waals surface area contributed by atoms with E-state index in [-0.39, 0.29) is 29.7 Å². The normalized spacial score (nSPS) is 26.7. The number of carboxylic acids is 1. The van der Waals surface area contributed by atoms with Gasteiger partial charge in [-0.1, -0.05) is 77.6 Å². The molecule has 2 aromatic heterocycles. The van der Waals surface area contributed by atoms with Gasteiger partial charge in [0.25, 0.3) is 5.91 Å². The monoisotopic (exact) mass is 754 g/mol. The predicted molar refractivity (Wildman–Crippen MR) is 214 cm³/mol. The molecule has 3 aromatic rings. The Kier molecular flexibility index (Phi) is 11.6. The molecule has 4 aliphatic heterocycles. The van der Waals surface area contributed by atoms with E-state index in [0.717, 1.165) is 52.5 Å². The zero-order chi connectivity index (χ0) is 38.0. The number of hydrogen-bond acceptors (Lipinski definition) is 9. The van der Waals surface area contributed by atoms with Crippen LogP contribution in [0.25, 0.3) is 11.4 Å². The molecule has 1 aromatic carbocycles. The number of aliphatic carboxylic acids is 1. The molecular formula is C43H58N6O4S. The quantitative estimate of drug-likeness (QED) is 0.158. The van der Waals surface area contributed by atoms with E-state index in [1.165, 1.54) is 62.7 Å². The van der Waals surface area contributed by atoms with Crippen LogP contribution in [0.4, 0.5) is 5.69 Å². The SMILES string of the molecule is CCCC1CCC(C2CCN(c3cnc(-c4ccc(C[C@H](NC(=O)c5ccc(C(C)(C)C)s5)C(=O)[C@]56CN[C@@H](C(=O)O)CC(C5)N6)cc4)nc3)CC2)CC1. The first kappa shape index (κ1) is 38.6. The average Bonchev–Trinajstić information content (AvgIpc) is 3.50. The Bertz CT molecular complexity index is 1760. The summed E-state index contributed by atoms with van der Waals surface area (Å²) in [5.41, 5.74) is 1.83. The van der Waals surface area contributed by atoms with Crippen molar-refractivity contribution in [3.05, 3.63) is 64.1 Å². The molecule has 5 aliphatic rings. The van der Waals surface area contributed by atoms with Crippen molar-refractivity contribution >= 4 is 34.7 Å². The number of piperidine rings is 1. The number of Topliss-reactive ketones (excluding diaryl/α,β-unsaturated/α-hetero) is 1. The standard InChI is InChI=1S/C43H58N6O4S/c1-5-6-27-7-11-29(12-8-27)30-17-19-49(20-18-30)33-24-44-39(45-25-33)31-13-9-28(10-14-31)21-34(47-40(51)36-15-16-37(54-36)42(2,3)4)38(50)43-23-32(48-43)22-35(41(52)53)46-26-43/h9-10,13-16,24-25,27,29-30,32,34-35,46,48H,5-8,11-12,17-23,26H2,1-4H3,(H,47,51)(H,52,53)/t27?,29?,32?,34-,35+,43+/m0/s1. The summed E-state index contributed by atoms with van der Waals surface area (Å²) < 4.78 is 0. The number of carboxylic acid groups (broad SMARTS) is 1. The lowest BCUT2D eigenvalue weighted by Crippen LogP contribution is -2.73. The van der Waals surface area contributed by atoms with E-state index in [2.05, 4.69) is 48.5 Å². The highest BCUT2D eigenvalue weighted by Crippen LogP contribution is 2.40. The topological polar surface area (TPSA) is 137 Å². The van der Waals surface area contributed by atoms with Crippen LogP contribution < -0.4 is 20.9 Å². The van der Waals surface area contributed by atoms with Crippen molar-refractivity contribution < 1.29 is 19.5 Å². The first-order chi connectivity index (χ1) is 25.9. The molecule has 11 heteroatoms. The third-order valence-corrected chi connectivity index (χ3v) is 14.2. The second-order valence-corrected chi connectivity index (χ2v) is 18.6. The predicted octanol–water partition coefficient (Wildman–Crippen LogP) is 6.78. The largest absolute Gasteiger partial charge is 0.480 e. The van der Waals surface area contributed by atoms with Crippen LogP contribution in [-0.4, -0.2) is 76.0 Å². The van der Waals surface area contributed by atoms with Gasteiger partial charge in [0.05, 0.1) is 34.5 Å². The number of nitrogens with zero attached hydrogens (tertiary/aromatic N) is 3. The van der Waals surface area contributed by atoms with Gasteiger partial charge in [0.1, 0.15) is 6.04 Å². The molecule has 10 nitrogen and oxygen atoms in total. The number of nitrogens with one attached hydrogen (secondary N) is 3. The van der Waals surface area contributed by atoms with Crippen LogP contribution in [0.15, 0.2) is 48.8 Å². The van der Waals surface area contributed by atoms with Gasteiger partial charge in [0.2, 0.25) is 0 Å². The second-order valence-electron chi connectivity index (χ2n) is 17.5. The summed E-state index contributed by atoms with van der Waals surface area (Å²) in [6.45, 7) is 11.0. The average molecular weight is 755 g/mol. The van der Waals surface area contributed by atoms with Gasteiger partial charge in [0.15, 0.2) is 11.6 Å². The summed E-state index contributed by atoms with van der Waals surface area (Å²) in [5, 5.41) is 19.2. The minimum absolute atomic E-state index is 0.0642. The van der Waals surface area contributed by atoms with Gasteiger partial charge in [-0.2, -0.15) is 0 Å². The van der Waals surface area contributed by atoms with Crippen molar-refractivity contribution in [3.63, 3.8) is 0 Å². The number of aromatic nitrogens is 2. The number of rotatable bonds is 12. The Balaban J connectivity index is 0.996. The number of carbonyl (C=O) groups is 3. The lowest BCUT2D eigenvalue weighted by molar-refractivity contribution is -0.139. The van der Waals surface area contributed by atoms with Crippen LogP contribution in [-0.2, 0) is 21.4 Å². The molecule has 4 N–H and O–H groups in total. The number of ketones is 1. The maximum absolute atomic E-state index is 14.3. The van der Waals surface area contributed by atoms with Crippen LogP contribution in [0, 0.1) is 17.8 Å². The smallest absolute Gasteiger partial charge is 0.320 e. The molecule has 54 heavy (non-hydrogen) atoms. The van der Waals surface area contributed by atoms with E-state index >= 15 is 0 Å². The van der Waals surface area contributed by atoms with Crippen molar-refractivity contribution in [2.45, 2.75) is 127 Å². The maximum atomic E-state index is 14.3. The van der Waals surface area contributed by atoms with Crippen LogP contribution >= 0.6 is 11.3 Å². The molecule has 1 saturated carbocycles. The molecule has 6 heterocycles. The molecule has 0 spiro atoms. The van der Waals surface area contributed by atoms with Crippen molar-refractivity contribution in [1.82, 2.24) is 25.9 Å². The summed E-state index contributed by atoms with van der Waals surface area (Å²) in [5.74, 6) is 2.02.